The Morgan fingerprint density at radius 2 is 0.596 bits per heavy atom. The lowest BCUT2D eigenvalue weighted by Crippen LogP contribution is -1.87. The zero-order valence-electron chi connectivity index (χ0n) is 57.5. The summed E-state index contributed by atoms with van der Waals surface area (Å²) in [5.74, 6) is 7.22. The molecule has 16 bridgehead atoms. The number of benzene rings is 4. The molecule has 6 aromatic heterocycles. The van der Waals surface area contributed by atoms with E-state index < -0.39 is 0 Å². The van der Waals surface area contributed by atoms with Crippen LogP contribution in [0.2, 0.25) is 0 Å². The van der Waals surface area contributed by atoms with Crippen molar-refractivity contribution in [2.75, 3.05) is 0 Å². The first-order chi connectivity index (χ1) is 45.8. The minimum absolute atomic E-state index is 0.931. The van der Waals surface area contributed by atoms with Crippen LogP contribution in [0.3, 0.4) is 0 Å². The van der Waals surface area contributed by atoms with E-state index in [2.05, 4.69) is 224 Å². The van der Waals surface area contributed by atoms with Gasteiger partial charge in [0.25, 0.3) is 0 Å². The van der Waals surface area contributed by atoms with Gasteiger partial charge in [-0.3, -0.25) is 0 Å². The van der Waals surface area contributed by atoms with E-state index in [1.54, 1.807) is 0 Å². The first-order valence-electron chi connectivity index (χ1n) is 35.4. The van der Waals surface area contributed by atoms with Crippen LogP contribution in [0.5, 0.6) is 0 Å². The summed E-state index contributed by atoms with van der Waals surface area (Å²) in [5, 5.41) is 4.55. The van der Waals surface area contributed by atoms with Crippen LogP contribution in [0.25, 0.3) is 133 Å². The molecule has 8 heteroatoms. The van der Waals surface area contributed by atoms with Crippen molar-refractivity contribution >= 4 is 88.0 Å². The number of unbranched alkanes of at least 4 members (excludes halogenated alkanes) is 4. The van der Waals surface area contributed by atoms with Crippen LogP contribution in [-0.2, 0) is 38.5 Å². The number of rotatable bonds is 16. The van der Waals surface area contributed by atoms with Gasteiger partial charge in [0.2, 0.25) is 0 Å². The average molecular weight is 1240 g/mol. The van der Waals surface area contributed by atoms with Crippen molar-refractivity contribution in [3.05, 3.63) is 188 Å². The van der Waals surface area contributed by atoms with E-state index in [4.69, 9.17) is 19.9 Å². The molecule has 10 heterocycles. The number of aromatic amines is 4. The second-order valence-electron chi connectivity index (χ2n) is 26.8. The summed E-state index contributed by atoms with van der Waals surface area (Å²) >= 11 is 0. The van der Waals surface area contributed by atoms with E-state index in [1.807, 2.05) is 0 Å². The lowest BCUT2D eigenvalue weighted by molar-refractivity contribution is 0.797. The van der Waals surface area contributed by atoms with Gasteiger partial charge in [-0.15, -0.1) is 0 Å². The number of hydrogen-bond acceptors (Lipinski definition) is 4. The summed E-state index contributed by atoms with van der Waals surface area (Å²) in [5.41, 5.74) is 39.5. The summed E-state index contributed by atoms with van der Waals surface area (Å²) in [6.45, 7) is 27.3. The Kier molecular flexibility index (Phi) is 17.1. The predicted octanol–water partition coefficient (Wildman–Crippen LogP) is 23.1. The SMILES string of the molecule is CCCCC1=C(C)c2cc3nc(cc4[nH]c(cc5[nH]c(cc1n2)c(CC)c5CC)c(CCCC)c4C)-c1cc2ccc(C#Cc4ccc5cc6c(cc5c4)-c4cc5nc(cc7[nH]c(cc8[nH]c(cc-6n4)c(C)c8CCCC)c(CC)c7CC)C(CCCC)=C5C)cc2cc1-3. The number of H-pyrrole nitrogens is 4. The third kappa shape index (κ3) is 11.2. The average Bonchev–Trinajstić information content (AvgIpc) is 1.58. The van der Waals surface area contributed by atoms with Gasteiger partial charge in [-0.2, -0.15) is 0 Å². The molecule has 0 aliphatic carbocycles. The molecule has 0 radical (unpaired) electrons. The summed E-state index contributed by atoms with van der Waals surface area (Å²) < 4.78 is 0. The third-order valence-electron chi connectivity index (χ3n) is 20.9. The number of nitrogens with one attached hydrogen (secondary N) is 4. The Morgan fingerprint density at radius 3 is 0.968 bits per heavy atom. The fraction of sp³-hybridized carbons (Fsp3) is 0.326. The van der Waals surface area contributed by atoms with E-state index in [-0.39, 0.29) is 0 Å². The number of nitrogens with zero attached hydrogens (tertiary/aromatic N) is 4. The van der Waals surface area contributed by atoms with E-state index >= 15 is 0 Å². The molecule has 0 atom stereocenters. The van der Waals surface area contributed by atoms with Crippen LogP contribution in [0.4, 0.5) is 0 Å². The molecule has 8 nitrogen and oxygen atoms in total. The van der Waals surface area contributed by atoms with Gasteiger partial charge in [0.05, 0.1) is 45.6 Å². The standard InChI is InChI=1S/C86H90N8/c1-13-21-25-63-49(9)71-41-83-67-37-55-33-31-53(35-57(55)39-69(67)85(93-83)43-73-51(11)65(27-23-15-3)81(89-73)47-77-61(19-7)59(17-5)75(91-77)45-79(63)87-71)29-30-54-32-34-56-38-68-70(40-58(56)36-54)86-44-74-52(12)66(28-24-16-4)82(90-74)48-78-62(20-8)60(18-6)76(92-78)46-80-64(26-22-14-2)50(10)72(88-80)42-84(68)94-86/h31-48,87-88,91-92H,13-28H2,1-12H3. The van der Waals surface area contributed by atoms with E-state index in [0.29, 0.717) is 0 Å². The van der Waals surface area contributed by atoms with Gasteiger partial charge in [-0.05, 0) is 290 Å². The maximum absolute atomic E-state index is 5.55. The van der Waals surface area contributed by atoms with Crippen LogP contribution < -0.4 is 0 Å². The summed E-state index contributed by atoms with van der Waals surface area (Å²) in [6.07, 6.45) is 16.8. The molecule has 14 rings (SSSR count). The van der Waals surface area contributed by atoms with Gasteiger partial charge in [-0.1, -0.05) is 105 Å². The molecule has 10 aromatic rings. The Balaban J connectivity index is 0.885. The lowest BCUT2D eigenvalue weighted by Gasteiger charge is -2.06. The minimum Gasteiger partial charge on any atom is -0.355 e. The maximum atomic E-state index is 5.55. The van der Waals surface area contributed by atoms with Crippen molar-refractivity contribution < 1.29 is 0 Å². The number of hydrogen-bond donors (Lipinski definition) is 4. The Bertz CT molecular complexity index is 4920. The van der Waals surface area contributed by atoms with Crippen molar-refractivity contribution in [3.63, 3.8) is 0 Å². The third-order valence-corrected chi connectivity index (χ3v) is 20.9. The van der Waals surface area contributed by atoms with Crippen LogP contribution >= 0.6 is 0 Å². The first-order valence-corrected chi connectivity index (χ1v) is 35.4. The lowest BCUT2D eigenvalue weighted by atomic mass is 9.96. The monoisotopic (exact) mass is 1230 g/mol. The highest BCUT2D eigenvalue weighted by molar-refractivity contribution is 6.02. The molecule has 4 aliphatic rings. The number of allylic oxidation sites excluding steroid dienone is 4. The van der Waals surface area contributed by atoms with Crippen LogP contribution in [-0.4, -0.2) is 39.9 Å². The molecule has 474 valence electrons. The van der Waals surface area contributed by atoms with Crippen molar-refractivity contribution in [1.82, 2.24) is 39.9 Å². The second kappa shape index (κ2) is 25.9. The highest BCUT2D eigenvalue weighted by Crippen LogP contribution is 2.45. The topological polar surface area (TPSA) is 115 Å². The van der Waals surface area contributed by atoms with Gasteiger partial charge in [0.1, 0.15) is 0 Å². The number of aromatic nitrogens is 8. The Hall–Kier alpha value is -9.32. The van der Waals surface area contributed by atoms with Gasteiger partial charge >= 0.3 is 0 Å². The first kappa shape index (κ1) is 62.1. The molecule has 0 fully saturated rings. The van der Waals surface area contributed by atoms with E-state index in [0.717, 1.165) is 214 Å². The number of fused-ring (bicyclic) bond motifs is 24. The van der Waals surface area contributed by atoms with Crippen LogP contribution in [0, 0.1) is 25.7 Å². The fourth-order valence-electron chi connectivity index (χ4n) is 15.5. The highest BCUT2D eigenvalue weighted by Gasteiger charge is 2.26. The van der Waals surface area contributed by atoms with Gasteiger partial charge in [-0.25, -0.2) is 19.9 Å². The zero-order valence-corrected chi connectivity index (χ0v) is 57.5. The van der Waals surface area contributed by atoms with Gasteiger partial charge in [0.15, 0.2) is 0 Å². The van der Waals surface area contributed by atoms with Gasteiger partial charge < -0.3 is 19.9 Å². The van der Waals surface area contributed by atoms with Crippen molar-refractivity contribution in [2.45, 2.75) is 186 Å². The van der Waals surface area contributed by atoms with E-state index in [1.165, 1.54) is 99.9 Å². The van der Waals surface area contributed by atoms with Crippen molar-refractivity contribution in [3.8, 4) is 56.9 Å². The quantitative estimate of drug-likeness (QED) is 0.0722. The normalized spacial score (nSPS) is 12.8. The molecule has 4 aliphatic heterocycles. The largest absolute Gasteiger partial charge is 0.355 e. The van der Waals surface area contributed by atoms with Crippen molar-refractivity contribution in [2.24, 2.45) is 0 Å². The molecule has 0 unspecified atom stereocenters. The van der Waals surface area contributed by atoms with Crippen LogP contribution in [0.1, 0.15) is 212 Å². The predicted molar refractivity (Wildman–Crippen MR) is 400 cm³/mol. The number of aryl methyl sites for hydroxylation is 8. The maximum Gasteiger partial charge on any atom is 0.0738 e. The van der Waals surface area contributed by atoms with Crippen molar-refractivity contribution in [1.29, 1.82) is 0 Å². The highest BCUT2D eigenvalue weighted by atomic mass is 14.8. The Morgan fingerprint density at radius 1 is 0.287 bits per heavy atom. The molecule has 0 amide bonds. The molecule has 94 heavy (non-hydrogen) atoms. The molecular weight excluding hydrogens is 1150 g/mol. The molecule has 0 spiro atoms. The summed E-state index contributed by atoms with van der Waals surface area (Å²) in [7, 11) is 0. The van der Waals surface area contributed by atoms with E-state index in [9.17, 15) is 0 Å². The van der Waals surface area contributed by atoms with Gasteiger partial charge in [0, 0.05) is 77.5 Å². The second-order valence-corrected chi connectivity index (χ2v) is 26.8. The molecule has 4 aromatic carbocycles. The fourth-order valence-corrected chi connectivity index (χ4v) is 15.5. The minimum atomic E-state index is 0.931. The summed E-state index contributed by atoms with van der Waals surface area (Å²) in [4.78, 5) is 37.8. The smallest absolute Gasteiger partial charge is 0.0738 e. The van der Waals surface area contributed by atoms with Crippen LogP contribution in [0.15, 0.2) is 109 Å². The molecule has 0 saturated carbocycles. The zero-order chi connectivity index (χ0) is 65.1. The summed E-state index contributed by atoms with van der Waals surface area (Å²) in [6, 6.07) is 41.1. The Labute approximate surface area is 555 Å². The molecule has 4 N–H and O–H groups in total. The molecule has 0 saturated heterocycles. The molecular formula is C86H90N8.